The second-order valence-corrected chi connectivity index (χ2v) is 4.12. The first kappa shape index (κ1) is 14.6. The summed E-state index contributed by atoms with van der Waals surface area (Å²) in [5, 5.41) is 42.2. The summed E-state index contributed by atoms with van der Waals surface area (Å²) in [6, 6.07) is 0. The average molecular weight is 285 g/mol. The average Bonchev–Trinajstić information content (AvgIpc) is 3.01. The van der Waals surface area contributed by atoms with Crippen molar-refractivity contribution >= 4 is 16.9 Å². The highest BCUT2D eigenvalue weighted by molar-refractivity contribution is 5.83. The predicted octanol–water partition coefficient (Wildman–Crippen LogP) is -2.65. The van der Waals surface area contributed by atoms with Crippen molar-refractivity contribution in [1.82, 2.24) is 20.2 Å². The number of aromatic nitrogens is 4. The van der Waals surface area contributed by atoms with E-state index in [2.05, 4.69) is 24.9 Å². The third kappa shape index (κ3) is 2.84. The molecule has 0 bridgehead atoms. The molecule has 2 aromatic heterocycles. The highest BCUT2D eigenvalue weighted by Gasteiger charge is 2.41. The number of fused-ring (bicyclic) bond motifs is 1. The van der Waals surface area contributed by atoms with Gasteiger partial charge < -0.3 is 30.9 Å². The lowest BCUT2D eigenvalue weighted by Gasteiger charge is -2.09. The first-order chi connectivity index (χ1) is 9.54. The predicted molar refractivity (Wildman–Crippen MR) is 66.1 cm³/mol. The van der Waals surface area contributed by atoms with Crippen molar-refractivity contribution in [3.63, 3.8) is 0 Å². The highest BCUT2D eigenvalue weighted by atomic mass is 16.6. The molecule has 0 unspecified atom stereocenters. The van der Waals surface area contributed by atoms with Crippen LogP contribution in [0.2, 0.25) is 0 Å². The van der Waals surface area contributed by atoms with Gasteiger partial charge in [-0.1, -0.05) is 0 Å². The van der Waals surface area contributed by atoms with Gasteiger partial charge in [0.25, 0.3) is 0 Å². The van der Waals surface area contributed by atoms with E-state index in [4.69, 9.17) is 26.2 Å². The molecular formula is C10H15N5O5. The number of H-pyrrole nitrogens is 1. The number of hydrogen-bond acceptors (Lipinski definition) is 9. The second-order valence-electron chi connectivity index (χ2n) is 4.12. The molecule has 0 radical (unpaired) electrons. The topological polar surface area (TPSA) is 171 Å². The number of hydrogen-bond donors (Lipinski definition) is 6. The van der Waals surface area contributed by atoms with Crippen molar-refractivity contribution in [1.29, 1.82) is 0 Å². The zero-order valence-electron chi connectivity index (χ0n) is 10.3. The normalized spacial score (nSPS) is 29.2. The summed E-state index contributed by atoms with van der Waals surface area (Å²) in [6.07, 6.45) is -1.75. The van der Waals surface area contributed by atoms with Crippen molar-refractivity contribution < 1.29 is 25.2 Å². The van der Waals surface area contributed by atoms with E-state index in [1.165, 1.54) is 6.33 Å². The van der Waals surface area contributed by atoms with Crippen LogP contribution in [0.4, 0.5) is 5.82 Å². The van der Waals surface area contributed by atoms with Gasteiger partial charge in [0.2, 0.25) is 0 Å². The summed E-state index contributed by atoms with van der Waals surface area (Å²) in [5.41, 5.74) is 6.16. The third-order valence-corrected chi connectivity index (χ3v) is 2.80. The van der Waals surface area contributed by atoms with Crippen LogP contribution in [0.5, 0.6) is 0 Å². The molecule has 1 saturated heterocycles. The SMILES string of the molecule is Nc1ncnc2[nH]ncc12.OC[C@H]1O[C@@H](O)[C@H](O)[C@@H]1O. The molecule has 0 amide bonds. The van der Waals surface area contributed by atoms with Gasteiger partial charge in [-0.2, -0.15) is 5.10 Å². The number of aliphatic hydroxyl groups is 4. The summed E-state index contributed by atoms with van der Waals surface area (Å²) < 4.78 is 4.54. The molecule has 7 N–H and O–H groups in total. The fourth-order valence-electron chi connectivity index (χ4n) is 1.66. The Morgan fingerprint density at radius 3 is 2.50 bits per heavy atom. The van der Waals surface area contributed by atoms with Crippen molar-refractivity contribution in [2.24, 2.45) is 0 Å². The molecule has 1 fully saturated rings. The Morgan fingerprint density at radius 2 is 2.00 bits per heavy atom. The van der Waals surface area contributed by atoms with Crippen molar-refractivity contribution in [2.45, 2.75) is 24.6 Å². The number of ether oxygens (including phenoxy) is 1. The monoisotopic (exact) mass is 285 g/mol. The van der Waals surface area contributed by atoms with E-state index in [1.54, 1.807) is 6.20 Å². The lowest BCUT2D eigenvalue weighted by molar-refractivity contribution is -0.132. The number of nitrogens with one attached hydrogen (secondary N) is 1. The van der Waals surface area contributed by atoms with E-state index in [0.717, 1.165) is 5.39 Å². The van der Waals surface area contributed by atoms with Crippen LogP contribution in [0, 0.1) is 0 Å². The molecule has 4 atom stereocenters. The Morgan fingerprint density at radius 1 is 1.25 bits per heavy atom. The number of anilines is 1. The molecule has 1 aliphatic heterocycles. The van der Waals surface area contributed by atoms with E-state index in [0.29, 0.717) is 11.5 Å². The Hall–Kier alpha value is -1.85. The number of nitrogens with two attached hydrogens (primary N) is 1. The van der Waals surface area contributed by atoms with Crippen molar-refractivity contribution in [3.05, 3.63) is 12.5 Å². The van der Waals surface area contributed by atoms with E-state index in [-0.39, 0.29) is 0 Å². The van der Waals surface area contributed by atoms with Gasteiger partial charge in [-0.25, -0.2) is 9.97 Å². The molecule has 2 aromatic rings. The largest absolute Gasteiger partial charge is 0.394 e. The van der Waals surface area contributed by atoms with Crippen molar-refractivity contribution in [2.75, 3.05) is 12.3 Å². The molecule has 0 aliphatic carbocycles. The number of aromatic amines is 1. The Labute approximate surface area is 112 Å². The van der Waals surface area contributed by atoms with Crippen LogP contribution in [-0.2, 0) is 4.74 Å². The molecule has 10 nitrogen and oxygen atoms in total. The summed E-state index contributed by atoms with van der Waals surface area (Å²) in [4.78, 5) is 7.68. The van der Waals surface area contributed by atoms with E-state index in [9.17, 15) is 0 Å². The van der Waals surface area contributed by atoms with Gasteiger partial charge in [0.05, 0.1) is 18.2 Å². The summed E-state index contributed by atoms with van der Waals surface area (Å²) in [6.45, 7) is -0.407. The van der Waals surface area contributed by atoms with Crippen LogP contribution in [0.15, 0.2) is 12.5 Å². The standard InChI is InChI=1S/C5H5N5.C5H10O5/c6-4-3-1-9-10-5(3)8-2-7-4;6-1-2-3(7)4(8)5(9)10-2/h1-2H,(H3,6,7,8,9,10);2-9H,1H2/t;2-,3-,4-,5-/m.1/s1. The van der Waals surface area contributed by atoms with Gasteiger partial charge in [-0.3, -0.25) is 5.10 Å². The second kappa shape index (κ2) is 6.07. The maximum atomic E-state index is 8.93. The maximum Gasteiger partial charge on any atom is 0.184 e. The fourth-order valence-corrected chi connectivity index (χ4v) is 1.66. The van der Waals surface area contributed by atoms with Crippen LogP contribution in [0.25, 0.3) is 11.0 Å². The van der Waals surface area contributed by atoms with Gasteiger partial charge in [0.15, 0.2) is 11.9 Å². The van der Waals surface area contributed by atoms with Crippen LogP contribution >= 0.6 is 0 Å². The van der Waals surface area contributed by atoms with Gasteiger partial charge in [-0.15, -0.1) is 0 Å². The molecule has 0 aromatic carbocycles. The lowest BCUT2D eigenvalue weighted by atomic mass is 10.1. The number of nitrogen functional groups attached to an aromatic ring is 1. The van der Waals surface area contributed by atoms with Crippen molar-refractivity contribution in [3.8, 4) is 0 Å². The van der Waals surface area contributed by atoms with Crippen LogP contribution in [0.3, 0.4) is 0 Å². The maximum absolute atomic E-state index is 8.93. The van der Waals surface area contributed by atoms with Crippen LogP contribution in [0.1, 0.15) is 0 Å². The molecule has 0 spiro atoms. The Bertz CT molecular complexity index is 564. The van der Waals surface area contributed by atoms with Gasteiger partial charge in [-0.05, 0) is 0 Å². The molecule has 0 saturated carbocycles. The Kier molecular flexibility index (Phi) is 4.42. The zero-order valence-corrected chi connectivity index (χ0v) is 10.3. The summed E-state index contributed by atoms with van der Waals surface area (Å²) in [7, 11) is 0. The minimum Gasteiger partial charge on any atom is -0.394 e. The minimum absolute atomic E-state index is 0.407. The third-order valence-electron chi connectivity index (χ3n) is 2.80. The lowest BCUT2D eigenvalue weighted by Crippen LogP contribution is -2.33. The first-order valence-corrected chi connectivity index (χ1v) is 5.74. The molecular weight excluding hydrogens is 270 g/mol. The molecule has 3 heterocycles. The smallest absolute Gasteiger partial charge is 0.184 e. The van der Waals surface area contributed by atoms with Gasteiger partial charge in [0.1, 0.15) is 30.5 Å². The number of nitrogens with zero attached hydrogens (tertiary/aromatic N) is 3. The zero-order chi connectivity index (χ0) is 14.7. The van der Waals surface area contributed by atoms with E-state index < -0.39 is 31.2 Å². The molecule has 10 heteroatoms. The summed E-state index contributed by atoms with van der Waals surface area (Å²) >= 11 is 0. The molecule has 110 valence electrons. The molecule has 20 heavy (non-hydrogen) atoms. The van der Waals surface area contributed by atoms with E-state index >= 15 is 0 Å². The van der Waals surface area contributed by atoms with Crippen LogP contribution < -0.4 is 5.73 Å². The number of rotatable bonds is 1. The van der Waals surface area contributed by atoms with Gasteiger partial charge >= 0.3 is 0 Å². The summed E-state index contributed by atoms with van der Waals surface area (Å²) in [5.74, 6) is 0.457. The minimum atomic E-state index is -1.38. The molecule has 1 aliphatic rings. The first-order valence-electron chi connectivity index (χ1n) is 5.74. The molecule has 3 rings (SSSR count). The van der Waals surface area contributed by atoms with Crippen LogP contribution in [-0.4, -0.2) is 71.8 Å². The Balaban J connectivity index is 0.000000147. The highest BCUT2D eigenvalue weighted by Crippen LogP contribution is 2.18. The fraction of sp³-hybridized carbons (Fsp3) is 0.500. The van der Waals surface area contributed by atoms with E-state index in [1.807, 2.05) is 0 Å². The van der Waals surface area contributed by atoms with Gasteiger partial charge in [0, 0.05) is 0 Å². The quantitative estimate of drug-likeness (QED) is 0.327. The number of aliphatic hydroxyl groups excluding tert-OH is 4.